The lowest BCUT2D eigenvalue weighted by atomic mass is 10.0. The second-order valence-corrected chi connectivity index (χ2v) is 6.15. The molecule has 0 aliphatic heterocycles. The van der Waals surface area contributed by atoms with E-state index in [2.05, 4.69) is 13.8 Å². The lowest BCUT2D eigenvalue weighted by molar-refractivity contribution is 0.355. The van der Waals surface area contributed by atoms with E-state index >= 15 is 0 Å². The molecule has 29 heavy (non-hydrogen) atoms. The van der Waals surface area contributed by atoms with Crippen LogP contribution >= 0.6 is 0 Å². The largest absolute Gasteiger partial charge is 0.493 e. The molecule has 0 radical (unpaired) electrons. The van der Waals surface area contributed by atoms with Crippen molar-refractivity contribution in [3.63, 3.8) is 0 Å². The Kier molecular flexibility index (Phi) is 7.59. The van der Waals surface area contributed by atoms with Gasteiger partial charge in [-0.15, -0.1) is 0 Å². The number of furan rings is 1. The Morgan fingerprint density at radius 1 is 0.552 bits per heavy atom. The average molecular weight is 398 g/mol. The van der Waals surface area contributed by atoms with E-state index < -0.39 is 0 Å². The van der Waals surface area contributed by atoms with Crippen LogP contribution in [0.3, 0.4) is 0 Å². The molecule has 1 heterocycles. The van der Waals surface area contributed by atoms with Crippen LogP contribution in [0.5, 0.6) is 23.0 Å². The Morgan fingerprint density at radius 2 is 0.897 bits per heavy atom. The first-order valence-electron chi connectivity index (χ1n) is 9.58. The maximum atomic E-state index is 6.27. The number of hydrogen-bond acceptors (Lipinski definition) is 5. The average Bonchev–Trinajstić information content (AvgIpc) is 3.08. The van der Waals surface area contributed by atoms with Gasteiger partial charge in [0.2, 0.25) is 0 Å². The fourth-order valence-corrected chi connectivity index (χ4v) is 3.10. The van der Waals surface area contributed by atoms with Gasteiger partial charge < -0.3 is 23.4 Å². The zero-order valence-corrected chi connectivity index (χ0v) is 18.5. The maximum Gasteiger partial charge on any atom is 0.161 e. The third-order valence-electron chi connectivity index (χ3n) is 4.74. The molecule has 0 spiro atoms. The number of ether oxygens (including phenoxy) is 4. The SMILES string of the molecule is CC.COc1ccc(-c2oc(-c3ccc(OC)c(OC)c3)c(C)c2C)cc1OC. The van der Waals surface area contributed by atoms with Gasteiger partial charge in [0.1, 0.15) is 11.5 Å². The molecular formula is C24H30O5. The topological polar surface area (TPSA) is 50.1 Å². The summed E-state index contributed by atoms with van der Waals surface area (Å²) in [5, 5.41) is 0. The summed E-state index contributed by atoms with van der Waals surface area (Å²) in [6.45, 7) is 8.10. The molecule has 5 nitrogen and oxygen atoms in total. The minimum Gasteiger partial charge on any atom is -0.493 e. The van der Waals surface area contributed by atoms with Crippen LogP contribution in [-0.4, -0.2) is 28.4 Å². The number of rotatable bonds is 6. The Morgan fingerprint density at radius 3 is 1.21 bits per heavy atom. The van der Waals surface area contributed by atoms with Crippen molar-refractivity contribution in [3.05, 3.63) is 47.5 Å². The van der Waals surface area contributed by atoms with E-state index in [0.29, 0.717) is 23.0 Å². The number of benzene rings is 2. The molecule has 0 atom stereocenters. The summed E-state index contributed by atoms with van der Waals surface area (Å²) in [5.41, 5.74) is 4.01. The predicted octanol–water partition coefficient (Wildman–Crippen LogP) is 6.29. The molecule has 0 bridgehead atoms. The third-order valence-corrected chi connectivity index (χ3v) is 4.74. The van der Waals surface area contributed by atoms with Crippen LogP contribution in [0.4, 0.5) is 0 Å². The molecule has 0 amide bonds. The predicted molar refractivity (Wildman–Crippen MR) is 117 cm³/mol. The van der Waals surface area contributed by atoms with Crippen molar-refractivity contribution in [2.24, 2.45) is 0 Å². The summed E-state index contributed by atoms with van der Waals surface area (Å²) in [5.74, 6) is 4.30. The first-order chi connectivity index (χ1) is 14.0. The van der Waals surface area contributed by atoms with E-state index in [9.17, 15) is 0 Å². The van der Waals surface area contributed by atoms with Crippen molar-refractivity contribution in [2.75, 3.05) is 28.4 Å². The van der Waals surface area contributed by atoms with Crippen LogP contribution in [0.15, 0.2) is 40.8 Å². The Labute approximate surface area is 173 Å². The molecule has 0 unspecified atom stereocenters. The summed E-state index contributed by atoms with van der Waals surface area (Å²) in [6, 6.07) is 11.5. The van der Waals surface area contributed by atoms with Gasteiger partial charge in [0, 0.05) is 11.1 Å². The van der Waals surface area contributed by atoms with E-state index in [-0.39, 0.29) is 0 Å². The van der Waals surface area contributed by atoms with E-state index in [1.54, 1.807) is 28.4 Å². The van der Waals surface area contributed by atoms with Crippen molar-refractivity contribution in [2.45, 2.75) is 27.7 Å². The first-order valence-corrected chi connectivity index (χ1v) is 9.58. The second-order valence-electron chi connectivity index (χ2n) is 6.15. The fraction of sp³-hybridized carbons (Fsp3) is 0.333. The monoisotopic (exact) mass is 398 g/mol. The van der Waals surface area contributed by atoms with Crippen molar-refractivity contribution < 1.29 is 23.4 Å². The van der Waals surface area contributed by atoms with Gasteiger partial charge in [0.15, 0.2) is 23.0 Å². The van der Waals surface area contributed by atoms with E-state index in [4.69, 9.17) is 23.4 Å². The van der Waals surface area contributed by atoms with Gasteiger partial charge in [-0.05, 0) is 61.4 Å². The summed E-state index contributed by atoms with van der Waals surface area (Å²) >= 11 is 0. The Bertz CT molecular complexity index is 880. The highest BCUT2D eigenvalue weighted by Gasteiger charge is 2.19. The standard InChI is InChI=1S/C22H24O5.C2H6/c1-13-14(2)22(16-8-10-18(24-4)20(12-16)26-6)27-21(13)15-7-9-17(23-3)19(11-15)25-5;1-2/h7-12H,1-6H3;1-2H3. The van der Waals surface area contributed by atoms with Gasteiger partial charge in [-0.2, -0.15) is 0 Å². The first kappa shape index (κ1) is 22.2. The normalized spacial score (nSPS) is 10.1. The van der Waals surface area contributed by atoms with Crippen molar-refractivity contribution in [1.29, 1.82) is 0 Å². The molecule has 0 aliphatic carbocycles. The highest BCUT2D eigenvalue weighted by atomic mass is 16.5. The van der Waals surface area contributed by atoms with Gasteiger partial charge in [-0.1, -0.05) is 13.8 Å². The van der Waals surface area contributed by atoms with Crippen LogP contribution < -0.4 is 18.9 Å². The lowest BCUT2D eigenvalue weighted by Gasteiger charge is -2.09. The molecule has 0 saturated carbocycles. The van der Waals surface area contributed by atoms with Gasteiger partial charge in [0.05, 0.1) is 28.4 Å². The van der Waals surface area contributed by atoms with Gasteiger partial charge in [0.25, 0.3) is 0 Å². The maximum absolute atomic E-state index is 6.27. The molecule has 2 aromatic carbocycles. The smallest absolute Gasteiger partial charge is 0.161 e. The molecule has 3 aromatic rings. The Balaban J connectivity index is 0.00000145. The lowest BCUT2D eigenvalue weighted by Crippen LogP contribution is -1.90. The van der Waals surface area contributed by atoms with E-state index in [0.717, 1.165) is 33.8 Å². The van der Waals surface area contributed by atoms with Crippen molar-refractivity contribution in [3.8, 4) is 45.6 Å². The summed E-state index contributed by atoms with van der Waals surface area (Å²) in [4.78, 5) is 0. The van der Waals surface area contributed by atoms with Crippen LogP contribution in [0.2, 0.25) is 0 Å². The summed E-state index contributed by atoms with van der Waals surface area (Å²) in [7, 11) is 6.48. The van der Waals surface area contributed by atoms with Gasteiger partial charge >= 0.3 is 0 Å². The number of hydrogen-bond donors (Lipinski definition) is 0. The van der Waals surface area contributed by atoms with Crippen molar-refractivity contribution >= 4 is 0 Å². The molecule has 156 valence electrons. The van der Waals surface area contributed by atoms with Gasteiger partial charge in [-0.25, -0.2) is 0 Å². The highest BCUT2D eigenvalue weighted by Crippen LogP contribution is 2.41. The molecule has 0 fully saturated rings. The van der Waals surface area contributed by atoms with E-state index in [1.165, 1.54) is 0 Å². The summed E-state index contributed by atoms with van der Waals surface area (Å²) < 4.78 is 27.8. The third kappa shape index (κ3) is 4.34. The van der Waals surface area contributed by atoms with Crippen LogP contribution in [-0.2, 0) is 0 Å². The highest BCUT2D eigenvalue weighted by molar-refractivity contribution is 5.74. The van der Waals surface area contributed by atoms with Gasteiger partial charge in [-0.3, -0.25) is 0 Å². The Hall–Kier alpha value is -3.08. The molecule has 0 aliphatic rings. The van der Waals surface area contributed by atoms with E-state index in [1.807, 2.05) is 50.2 Å². The van der Waals surface area contributed by atoms with Crippen LogP contribution in [0.1, 0.15) is 25.0 Å². The number of methoxy groups -OCH3 is 4. The quantitative estimate of drug-likeness (QED) is 0.488. The molecule has 0 saturated heterocycles. The molecule has 5 heteroatoms. The zero-order chi connectivity index (χ0) is 21.6. The minimum absolute atomic E-state index is 0.663. The molecule has 3 rings (SSSR count). The molecule has 1 aromatic heterocycles. The summed E-state index contributed by atoms with van der Waals surface area (Å²) in [6.07, 6.45) is 0. The second kappa shape index (κ2) is 9.92. The van der Waals surface area contributed by atoms with Crippen LogP contribution in [0.25, 0.3) is 22.6 Å². The van der Waals surface area contributed by atoms with Crippen LogP contribution in [0, 0.1) is 13.8 Å². The zero-order valence-electron chi connectivity index (χ0n) is 18.5. The minimum atomic E-state index is 0.663. The van der Waals surface area contributed by atoms with Crippen molar-refractivity contribution in [1.82, 2.24) is 0 Å². The molecule has 0 N–H and O–H groups in total. The molecular weight excluding hydrogens is 368 g/mol. The fourth-order valence-electron chi connectivity index (χ4n) is 3.10.